The van der Waals surface area contributed by atoms with Gasteiger partial charge in [0.25, 0.3) is 11.1 Å². The summed E-state index contributed by atoms with van der Waals surface area (Å²) in [5.74, 6) is 2.62. The molecule has 1 saturated heterocycles. The number of ether oxygens (including phenoxy) is 1. The van der Waals surface area contributed by atoms with Crippen LogP contribution in [-0.2, 0) is 16.0 Å². The van der Waals surface area contributed by atoms with E-state index in [2.05, 4.69) is 31.2 Å². The monoisotopic (exact) mass is 951 g/mol. The van der Waals surface area contributed by atoms with Crippen LogP contribution in [0.1, 0.15) is 18.4 Å². The molecule has 330 valence electrons. The number of phenolic OH excluding ortho intramolecular Hbond substituents is 1. The smallest absolute Gasteiger partial charge is 0.415 e. The first-order chi connectivity index (χ1) is 31.3. The van der Waals surface area contributed by atoms with Gasteiger partial charge in [-0.1, -0.05) is 76.7 Å². The van der Waals surface area contributed by atoms with Gasteiger partial charge in [0.15, 0.2) is 0 Å². The zero-order chi connectivity index (χ0) is 46.2. The Kier molecular flexibility index (Phi) is 14.7. The molecule has 4 N–H and O–H groups in total. The van der Waals surface area contributed by atoms with Crippen LogP contribution in [0, 0.1) is 12.3 Å². The number of aromatic amines is 2. The number of carbonyl (C=O) groups excluding carboxylic acids is 3. The second kappa shape index (κ2) is 20.7. The number of nitrogens with zero attached hydrogens (tertiary/aromatic N) is 4. The van der Waals surface area contributed by atoms with Gasteiger partial charge in [-0.25, -0.2) is 14.8 Å². The molecule has 0 saturated carbocycles. The van der Waals surface area contributed by atoms with Gasteiger partial charge < -0.3 is 30.0 Å². The highest BCUT2D eigenvalue weighted by Gasteiger charge is 2.34. The molecule has 18 heteroatoms. The van der Waals surface area contributed by atoms with E-state index in [1.165, 1.54) is 35.2 Å². The second-order valence-electron chi connectivity index (χ2n) is 14.7. The van der Waals surface area contributed by atoms with Crippen LogP contribution in [0.15, 0.2) is 113 Å². The first-order valence-corrected chi connectivity index (χ1v) is 21.5. The van der Waals surface area contributed by atoms with Gasteiger partial charge in [-0.2, -0.15) is 0 Å². The minimum Gasteiger partial charge on any atom is -0.507 e. The van der Waals surface area contributed by atoms with Gasteiger partial charge in [0.1, 0.15) is 23.1 Å². The molecular formula is C47H37Cl4N7O7. The molecule has 0 spiro atoms. The average Bonchev–Trinajstić information content (AvgIpc) is 3.29. The first-order valence-electron chi connectivity index (χ1n) is 19.9. The van der Waals surface area contributed by atoms with E-state index in [4.69, 9.17) is 57.6 Å². The molecule has 0 aliphatic carbocycles. The molecule has 1 atom stereocenters. The number of H-pyrrole nitrogens is 2. The largest absolute Gasteiger partial charge is 0.507 e. The van der Waals surface area contributed by atoms with Crippen molar-refractivity contribution in [3.8, 4) is 46.6 Å². The van der Waals surface area contributed by atoms with E-state index < -0.39 is 17.7 Å². The molecule has 0 radical (unpaired) electrons. The summed E-state index contributed by atoms with van der Waals surface area (Å²) in [6.45, 7) is 0.701. The van der Waals surface area contributed by atoms with Gasteiger partial charge in [0.2, 0.25) is 11.8 Å². The van der Waals surface area contributed by atoms with E-state index >= 15 is 0 Å². The number of aromatic hydroxyl groups is 1. The molecule has 1 aliphatic rings. The van der Waals surface area contributed by atoms with Crippen molar-refractivity contribution in [2.45, 2.75) is 25.3 Å². The normalized spacial score (nSPS) is 13.4. The maximum absolute atomic E-state index is 13.7. The van der Waals surface area contributed by atoms with Gasteiger partial charge in [0, 0.05) is 59.1 Å². The number of halogens is 4. The number of fused-ring (bicyclic) bond motifs is 2. The van der Waals surface area contributed by atoms with Crippen molar-refractivity contribution in [1.29, 1.82) is 0 Å². The number of piperazine rings is 1. The zero-order valence-electron chi connectivity index (χ0n) is 34.1. The number of terminal acetylenes is 1. The third-order valence-electron chi connectivity index (χ3n) is 10.2. The van der Waals surface area contributed by atoms with Crippen LogP contribution < -0.4 is 21.2 Å². The van der Waals surface area contributed by atoms with Crippen LogP contribution in [0.3, 0.4) is 0 Å². The predicted octanol–water partition coefficient (Wildman–Crippen LogP) is 8.28. The topological polar surface area (TPSA) is 191 Å². The third kappa shape index (κ3) is 11.4. The molecule has 1 aliphatic heterocycles. The SMILES string of the molecule is C#CCCC(=O)N1CCN(C(=O)Oc2ccc(Cl)cc2-c2nc3ccc(Cl)cc3c(=O)[nH]2)C(CNC(=O)Cc2ccccc2)C1.O=c1[nH]c(-c2cc(Cl)ccc2O)nc2ccc(Cl)cc12. The van der Waals surface area contributed by atoms with Crippen molar-refractivity contribution in [3.05, 3.63) is 149 Å². The summed E-state index contributed by atoms with van der Waals surface area (Å²) in [6, 6.07) is 27.4. The third-order valence-corrected chi connectivity index (χ3v) is 11.2. The van der Waals surface area contributed by atoms with E-state index in [0.717, 1.165) is 5.56 Å². The molecule has 5 aromatic carbocycles. The van der Waals surface area contributed by atoms with Crippen LogP contribution in [0.4, 0.5) is 4.79 Å². The van der Waals surface area contributed by atoms with Crippen LogP contribution >= 0.6 is 46.4 Å². The minimum absolute atomic E-state index is 0.00846. The number of benzene rings is 5. The van der Waals surface area contributed by atoms with Gasteiger partial charge in [0.05, 0.1) is 45.4 Å². The van der Waals surface area contributed by atoms with Crippen molar-refractivity contribution in [3.63, 3.8) is 0 Å². The number of nitrogens with one attached hydrogen (secondary N) is 3. The number of amides is 3. The lowest BCUT2D eigenvalue weighted by Crippen LogP contribution is -2.60. The van der Waals surface area contributed by atoms with Crippen LogP contribution in [-0.4, -0.2) is 85.0 Å². The molecule has 3 amide bonds. The Hall–Kier alpha value is -6.89. The lowest BCUT2D eigenvalue weighted by atomic mass is 10.1. The summed E-state index contributed by atoms with van der Waals surface area (Å²) in [4.78, 5) is 81.4. The highest BCUT2D eigenvalue weighted by atomic mass is 35.5. The van der Waals surface area contributed by atoms with Crippen molar-refractivity contribution in [2.75, 3.05) is 26.2 Å². The maximum Gasteiger partial charge on any atom is 0.415 e. The number of hydrogen-bond donors (Lipinski definition) is 4. The van der Waals surface area contributed by atoms with Crippen molar-refractivity contribution in [1.82, 2.24) is 35.1 Å². The fraction of sp³-hybridized carbons (Fsp3) is 0.170. The lowest BCUT2D eigenvalue weighted by molar-refractivity contribution is -0.133. The summed E-state index contributed by atoms with van der Waals surface area (Å²) in [5.41, 5.74) is 1.64. The summed E-state index contributed by atoms with van der Waals surface area (Å²) < 4.78 is 5.86. The standard InChI is InChI=1S/C33H29Cl2N5O5.C14H8Cl2N2O2/c1-2-3-9-30(42)39-14-15-40(24(20-39)19-36-29(41)16-21-7-5-4-6-8-21)33(44)45-28-13-11-23(35)18-26(28)31-37-27-12-10-22(34)17-25(27)32(43)38-31;15-7-1-3-11-9(5-7)14(20)18-13(17-11)10-6-8(16)2-4-12(10)19/h1,4-8,10-13,17-18,24H,3,9,14-16,19-20H2,(H,36,41)(H,37,38,43);1-6,19H,(H,17,18,20). The molecule has 2 aromatic heterocycles. The lowest BCUT2D eigenvalue weighted by Gasteiger charge is -2.40. The van der Waals surface area contributed by atoms with E-state index in [9.17, 15) is 29.1 Å². The number of carbonyl (C=O) groups is 3. The number of phenols is 1. The Morgan fingerprint density at radius 1 is 0.769 bits per heavy atom. The molecular weight excluding hydrogens is 916 g/mol. The molecule has 1 fully saturated rings. The van der Waals surface area contributed by atoms with Gasteiger partial charge in [-0.3, -0.25) is 24.1 Å². The van der Waals surface area contributed by atoms with E-state index in [1.807, 2.05) is 30.3 Å². The molecule has 1 unspecified atom stereocenters. The summed E-state index contributed by atoms with van der Waals surface area (Å²) in [5, 5.41) is 15.1. The number of rotatable bonds is 9. The fourth-order valence-electron chi connectivity index (χ4n) is 7.01. The maximum atomic E-state index is 13.7. The Bertz CT molecular complexity index is 3100. The van der Waals surface area contributed by atoms with Gasteiger partial charge >= 0.3 is 6.09 Å². The quantitative estimate of drug-likeness (QED) is 0.103. The summed E-state index contributed by atoms with van der Waals surface area (Å²) >= 11 is 24.1. The summed E-state index contributed by atoms with van der Waals surface area (Å²) in [6.07, 6.45) is 5.30. The minimum atomic E-state index is -0.702. The van der Waals surface area contributed by atoms with Gasteiger partial charge in [-0.05, 0) is 78.4 Å². The molecule has 14 nitrogen and oxygen atoms in total. The van der Waals surface area contributed by atoms with E-state index in [1.54, 1.807) is 47.4 Å². The Labute approximate surface area is 391 Å². The fourth-order valence-corrected chi connectivity index (χ4v) is 7.70. The average molecular weight is 954 g/mol. The molecule has 65 heavy (non-hydrogen) atoms. The number of hydrogen-bond acceptors (Lipinski definition) is 9. The predicted molar refractivity (Wildman–Crippen MR) is 252 cm³/mol. The molecule has 7 aromatic rings. The highest BCUT2D eigenvalue weighted by molar-refractivity contribution is 6.32. The Morgan fingerprint density at radius 3 is 1.97 bits per heavy atom. The molecule has 0 bridgehead atoms. The molecule has 8 rings (SSSR count). The van der Waals surface area contributed by atoms with Crippen molar-refractivity contribution in [2.24, 2.45) is 0 Å². The van der Waals surface area contributed by atoms with Crippen LogP contribution in [0.2, 0.25) is 20.1 Å². The number of aromatic nitrogens is 4. The Morgan fingerprint density at radius 2 is 1.34 bits per heavy atom. The second-order valence-corrected chi connectivity index (χ2v) is 16.4. The first kappa shape index (κ1) is 46.1. The highest BCUT2D eigenvalue weighted by Crippen LogP contribution is 2.33. The summed E-state index contributed by atoms with van der Waals surface area (Å²) in [7, 11) is 0. The van der Waals surface area contributed by atoms with Crippen molar-refractivity contribution >= 4 is 86.1 Å². The zero-order valence-corrected chi connectivity index (χ0v) is 37.1. The Balaban J connectivity index is 0.000000261. The molecule has 3 heterocycles. The van der Waals surface area contributed by atoms with E-state index in [0.29, 0.717) is 59.4 Å². The van der Waals surface area contributed by atoms with Gasteiger partial charge in [-0.15, -0.1) is 12.3 Å². The van der Waals surface area contributed by atoms with Crippen LogP contribution in [0.5, 0.6) is 11.5 Å². The van der Waals surface area contributed by atoms with E-state index in [-0.39, 0.29) is 79.5 Å². The van der Waals surface area contributed by atoms with Crippen LogP contribution in [0.25, 0.3) is 44.6 Å². The van der Waals surface area contributed by atoms with Crippen molar-refractivity contribution < 1.29 is 24.2 Å².